The van der Waals surface area contributed by atoms with Gasteiger partial charge in [0.15, 0.2) is 0 Å². The molecule has 2 amide bonds. The predicted molar refractivity (Wildman–Crippen MR) is 156 cm³/mol. The van der Waals surface area contributed by atoms with Gasteiger partial charge in [0.25, 0.3) is 0 Å². The lowest BCUT2D eigenvalue weighted by Gasteiger charge is -2.30. The number of benzene rings is 3. The number of anilines is 1. The van der Waals surface area contributed by atoms with Gasteiger partial charge in [0.1, 0.15) is 23.9 Å². The van der Waals surface area contributed by atoms with E-state index in [1.165, 1.54) is 22.7 Å². The number of hydrogen-bond acceptors (Lipinski definition) is 6. The molecule has 6 rings (SSSR count). The van der Waals surface area contributed by atoms with Gasteiger partial charge in [-0.3, -0.25) is 14.5 Å². The monoisotopic (exact) mass is 572 g/mol. The van der Waals surface area contributed by atoms with E-state index in [0.29, 0.717) is 60.4 Å². The summed E-state index contributed by atoms with van der Waals surface area (Å²) >= 11 is 1.34. The lowest BCUT2D eigenvalue weighted by molar-refractivity contribution is -0.134. The number of amides is 2. The number of thioether (sulfide) groups is 1. The molecular weight excluding hydrogens is 543 g/mol. The molecule has 4 aromatic rings. The first-order valence-corrected chi connectivity index (χ1v) is 14.4. The Morgan fingerprint density at radius 3 is 2.44 bits per heavy atom. The first-order valence-electron chi connectivity index (χ1n) is 13.4. The Morgan fingerprint density at radius 1 is 1.02 bits per heavy atom. The summed E-state index contributed by atoms with van der Waals surface area (Å²) in [6, 6.07) is 23.6. The van der Waals surface area contributed by atoms with Crippen molar-refractivity contribution < 1.29 is 23.5 Å². The van der Waals surface area contributed by atoms with Crippen LogP contribution in [0.15, 0.2) is 78.9 Å². The molecule has 3 aromatic carbocycles. The van der Waals surface area contributed by atoms with Crippen LogP contribution in [0.3, 0.4) is 0 Å². The van der Waals surface area contributed by atoms with E-state index >= 15 is 4.39 Å². The summed E-state index contributed by atoms with van der Waals surface area (Å²) in [7, 11) is 1.59. The largest absolute Gasteiger partial charge is 0.497 e. The summed E-state index contributed by atoms with van der Waals surface area (Å²) in [6.07, 6.45) is 0. The Kier molecular flexibility index (Phi) is 7.76. The quantitative estimate of drug-likeness (QED) is 0.333. The lowest BCUT2D eigenvalue weighted by Crippen LogP contribution is -2.48. The molecule has 2 aliphatic rings. The van der Waals surface area contributed by atoms with Gasteiger partial charge in [-0.05, 0) is 30.3 Å². The van der Waals surface area contributed by atoms with E-state index in [1.54, 1.807) is 34.9 Å². The highest BCUT2D eigenvalue weighted by Gasteiger charge is 2.39. The van der Waals surface area contributed by atoms with Crippen LogP contribution in [-0.2, 0) is 14.3 Å². The minimum absolute atomic E-state index is 0.0704. The molecular formula is C31H29FN4O4S. The van der Waals surface area contributed by atoms with E-state index in [2.05, 4.69) is 0 Å². The Morgan fingerprint density at radius 2 is 1.73 bits per heavy atom. The minimum atomic E-state index is -0.541. The molecule has 3 heterocycles. The number of carbonyl (C=O) groups excluding carboxylic acids is 2. The summed E-state index contributed by atoms with van der Waals surface area (Å²) in [5, 5.41) is 4.50. The van der Waals surface area contributed by atoms with Crippen molar-refractivity contribution in [3.05, 3.63) is 95.8 Å². The Balaban J connectivity index is 1.59. The second-order valence-corrected chi connectivity index (χ2v) is 10.8. The van der Waals surface area contributed by atoms with Crippen LogP contribution in [0.1, 0.15) is 16.4 Å². The van der Waals surface area contributed by atoms with Crippen LogP contribution in [0.2, 0.25) is 0 Å². The topological polar surface area (TPSA) is 76.9 Å². The van der Waals surface area contributed by atoms with E-state index in [4.69, 9.17) is 14.6 Å². The third kappa shape index (κ3) is 5.32. The molecule has 0 spiro atoms. The van der Waals surface area contributed by atoms with Gasteiger partial charge in [0, 0.05) is 29.8 Å². The second-order valence-electron chi connectivity index (χ2n) is 9.75. The fourth-order valence-electron chi connectivity index (χ4n) is 5.21. The minimum Gasteiger partial charge on any atom is -0.497 e. The number of fused-ring (bicyclic) bond motifs is 1. The van der Waals surface area contributed by atoms with Crippen LogP contribution in [0.5, 0.6) is 5.75 Å². The summed E-state index contributed by atoms with van der Waals surface area (Å²) in [6.45, 7) is 1.68. The smallest absolute Gasteiger partial charge is 0.242 e. The standard InChI is InChI=1S/C31H29FN4O4S/c1-39-23-13-11-22(12-14-23)36-31-28(29(33-36)21-7-3-2-4-8-21)30(24-9-5-6-10-25(24)32)41-20-27(38)35(31)19-26(37)34-15-17-40-18-16-34/h2-14,30H,15-20H2,1H3/t30-/m0/s1. The third-order valence-electron chi connectivity index (χ3n) is 7.30. The SMILES string of the molecule is COc1ccc(-n2nc(-c3ccccc3)c3c2N(CC(=O)N2CCOCC2)C(=O)CS[C@H]3c2ccccc2F)cc1. The van der Waals surface area contributed by atoms with Gasteiger partial charge >= 0.3 is 0 Å². The number of ether oxygens (including phenoxy) is 2. The highest BCUT2D eigenvalue weighted by molar-refractivity contribution is 8.00. The number of morpholine rings is 1. The highest BCUT2D eigenvalue weighted by Crippen LogP contribution is 2.49. The molecule has 1 aromatic heterocycles. The maximum atomic E-state index is 15.4. The van der Waals surface area contributed by atoms with Gasteiger partial charge in [0.05, 0.1) is 42.7 Å². The van der Waals surface area contributed by atoms with Gasteiger partial charge in [-0.25, -0.2) is 9.07 Å². The molecule has 8 nitrogen and oxygen atoms in total. The molecule has 0 unspecified atom stereocenters. The molecule has 0 aliphatic carbocycles. The lowest BCUT2D eigenvalue weighted by atomic mass is 9.99. The number of rotatable bonds is 6. The van der Waals surface area contributed by atoms with E-state index < -0.39 is 5.25 Å². The van der Waals surface area contributed by atoms with Gasteiger partial charge < -0.3 is 14.4 Å². The number of carbonyl (C=O) groups is 2. The molecule has 1 saturated heterocycles. The van der Waals surface area contributed by atoms with Crippen LogP contribution in [-0.4, -0.2) is 72.2 Å². The van der Waals surface area contributed by atoms with Crippen LogP contribution in [0.25, 0.3) is 16.9 Å². The van der Waals surface area contributed by atoms with Gasteiger partial charge in [-0.2, -0.15) is 5.10 Å². The maximum absolute atomic E-state index is 15.4. The van der Waals surface area contributed by atoms with Gasteiger partial charge in [-0.15, -0.1) is 11.8 Å². The number of halogens is 1. The normalized spacial score (nSPS) is 17.2. The summed E-state index contributed by atoms with van der Waals surface area (Å²) in [4.78, 5) is 30.6. The van der Waals surface area contributed by atoms with Crippen molar-refractivity contribution in [3.63, 3.8) is 0 Å². The second kappa shape index (κ2) is 11.8. The zero-order valence-electron chi connectivity index (χ0n) is 22.5. The van der Waals surface area contributed by atoms with E-state index in [0.717, 1.165) is 5.56 Å². The van der Waals surface area contributed by atoms with Crippen molar-refractivity contribution in [2.45, 2.75) is 5.25 Å². The average Bonchev–Trinajstić information content (AvgIpc) is 3.35. The molecule has 0 N–H and O–H groups in total. The molecule has 10 heteroatoms. The molecule has 1 fully saturated rings. The van der Waals surface area contributed by atoms with Gasteiger partial charge in [0.2, 0.25) is 11.8 Å². The van der Waals surface area contributed by atoms with Crippen molar-refractivity contribution in [1.82, 2.24) is 14.7 Å². The zero-order valence-corrected chi connectivity index (χ0v) is 23.4. The highest BCUT2D eigenvalue weighted by atomic mass is 32.2. The summed E-state index contributed by atoms with van der Waals surface area (Å²) in [5.74, 6) is 0.416. The molecule has 0 saturated carbocycles. The van der Waals surface area contributed by atoms with Crippen molar-refractivity contribution in [1.29, 1.82) is 0 Å². The number of hydrogen-bond donors (Lipinski definition) is 0. The fourth-order valence-corrected chi connectivity index (χ4v) is 6.43. The molecule has 41 heavy (non-hydrogen) atoms. The van der Waals surface area contributed by atoms with E-state index in [-0.39, 0.29) is 29.9 Å². The Hall–Kier alpha value is -4.15. The van der Waals surface area contributed by atoms with Crippen molar-refractivity contribution in [3.8, 4) is 22.7 Å². The van der Waals surface area contributed by atoms with Crippen LogP contribution in [0.4, 0.5) is 10.2 Å². The van der Waals surface area contributed by atoms with Crippen LogP contribution in [0, 0.1) is 5.82 Å². The summed E-state index contributed by atoms with van der Waals surface area (Å²) in [5.41, 5.74) is 3.27. The third-order valence-corrected chi connectivity index (χ3v) is 8.53. The molecule has 210 valence electrons. The number of aromatic nitrogens is 2. The van der Waals surface area contributed by atoms with Crippen molar-refractivity contribution in [2.75, 3.05) is 50.6 Å². The maximum Gasteiger partial charge on any atom is 0.242 e. The molecule has 1 atom stereocenters. The molecule has 0 bridgehead atoms. The van der Waals surface area contributed by atoms with E-state index in [9.17, 15) is 9.59 Å². The van der Waals surface area contributed by atoms with Gasteiger partial charge in [-0.1, -0.05) is 48.5 Å². The number of methoxy groups -OCH3 is 1. The molecule has 0 radical (unpaired) electrons. The Labute approximate surface area is 241 Å². The number of nitrogens with zero attached hydrogens (tertiary/aromatic N) is 4. The fraction of sp³-hybridized carbons (Fsp3) is 0.258. The first-order chi connectivity index (χ1) is 20.0. The predicted octanol–water partition coefficient (Wildman–Crippen LogP) is 4.72. The van der Waals surface area contributed by atoms with E-state index in [1.807, 2.05) is 54.6 Å². The summed E-state index contributed by atoms with van der Waals surface area (Å²) < 4.78 is 27.8. The van der Waals surface area contributed by atoms with Crippen molar-refractivity contribution in [2.24, 2.45) is 0 Å². The Bertz CT molecular complexity index is 1550. The average molecular weight is 573 g/mol. The first kappa shape index (κ1) is 27.0. The van der Waals surface area contributed by atoms with Crippen LogP contribution < -0.4 is 9.64 Å². The molecule has 2 aliphatic heterocycles. The van der Waals surface area contributed by atoms with Crippen molar-refractivity contribution >= 4 is 29.4 Å². The zero-order chi connectivity index (χ0) is 28.3. The van der Waals surface area contributed by atoms with Crippen LogP contribution >= 0.6 is 11.8 Å².